The highest BCUT2D eigenvalue weighted by molar-refractivity contribution is 7.99. The Hall–Kier alpha value is -3.96. The number of carbonyl (C=O) groups is 3. The average Bonchev–Trinajstić information content (AvgIpc) is 3.59. The third-order valence-corrected chi connectivity index (χ3v) is 7.27. The van der Waals surface area contributed by atoms with Crippen molar-refractivity contribution in [3.8, 4) is 5.69 Å². The first kappa shape index (κ1) is 27.1. The highest BCUT2D eigenvalue weighted by atomic mass is 32.2. The van der Waals surface area contributed by atoms with Crippen LogP contribution < -0.4 is 10.6 Å². The normalized spacial score (nSPS) is 10.7. The molecule has 0 unspecified atom stereocenters. The fourth-order valence-electron chi connectivity index (χ4n) is 3.60. The van der Waals surface area contributed by atoms with Crippen LogP contribution in [0.3, 0.4) is 0 Å². The zero-order valence-electron chi connectivity index (χ0n) is 21.2. The molecule has 2 aromatic carbocycles. The molecule has 2 N–H and O–H groups in total. The minimum atomic E-state index is -0.408. The number of ether oxygens (including phenoxy) is 1. The number of nitrogens with one attached hydrogen (secondary N) is 2. The van der Waals surface area contributed by atoms with E-state index in [-0.39, 0.29) is 24.1 Å². The second-order valence-electron chi connectivity index (χ2n) is 8.32. The lowest BCUT2D eigenvalue weighted by Gasteiger charge is -2.14. The van der Waals surface area contributed by atoms with Gasteiger partial charge in [0, 0.05) is 5.69 Å². The quantitative estimate of drug-likeness (QED) is 0.216. The predicted octanol–water partition coefficient (Wildman–Crippen LogP) is 4.78. The van der Waals surface area contributed by atoms with Crippen LogP contribution in [0.4, 0.5) is 5.69 Å². The molecule has 9 nitrogen and oxygen atoms in total. The fraction of sp³-hybridized carbons (Fsp3) is 0.222. The number of amides is 2. The summed E-state index contributed by atoms with van der Waals surface area (Å²) in [7, 11) is 0. The van der Waals surface area contributed by atoms with Crippen LogP contribution in [0.1, 0.15) is 43.9 Å². The molecule has 0 aliphatic carbocycles. The second kappa shape index (κ2) is 12.5. The summed E-state index contributed by atoms with van der Waals surface area (Å²) in [5.74, 6) is -0.181. The number of esters is 1. The van der Waals surface area contributed by atoms with Gasteiger partial charge < -0.3 is 15.4 Å². The van der Waals surface area contributed by atoms with Crippen molar-refractivity contribution in [2.24, 2.45) is 0 Å². The standard InChI is InChI=1S/C27H27N5O4S2/c1-4-36-26(35)19-9-11-20(12-10-19)29-24(33)16-38-27-31-30-23(15-28-25(34)22-6-5-13-37-22)32(27)21-14-17(2)7-8-18(21)3/h5-14H,4,15-16H2,1-3H3,(H,28,34)(H,29,33). The highest BCUT2D eigenvalue weighted by Gasteiger charge is 2.19. The van der Waals surface area contributed by atoms with Gasteiger partial charge in [-0.3, -0.25) is 14.2 Å². The summed E-state index contributed by atoms with van der Waals surface area (Å²) in [6, 6.07) is 16.2. The van der Waals surface area contributed by atoms with Crippen LogP contribution in [-0.4, -0.2) is 44.9 Å². The van der Waals surface area contributed by atoms with E-state index < -0.39 is 5.97 Å². The number of hydrogen-bond donors (Lipinski definition) is 2. The van der Waals surface area contributed by atoms with Crippen LogP contribution in [0.5, 0.6) is 0 Å². The number of nitrogens with zero attached hydrogens (tertiary/aromatic N) is 3. The van der Waals surface area contributed by atoms with Gasteiger partial charge in [-0.25, -0.2) is 4.79 Å². The molecule has 0 atom stereocenters. The number of carbonyl (C=O) groups excluding carboxylic acids is 3. The first-order valence-electron chi connectivity index (χ1n) is 11.9. The Bertz CT molecular complexity index is 1430. The molecule has 11 heteroatoms. The lowest BCUT2D eigenvalue weighted by atomic mass is 10.1. The average molecular weight is 550 g/mol. The van der Waals surface area contributed by atoms with E-state index in [1.54, 1.807) is 37.3 Å². The summed E-state index contributed by atoms with van der Waals surface area (Å²) in [6.45, 7) is 6.21. The third kappa shape index (κ3) is 6.67. The van der Waals surface area contributed by atoms with Crippen LogP contribution in [0.25, 0.3) is 5.69 Å². The number of thioether (sulfide) groups is 1. The number of hydrogen-bond acceptors (Lipinski definition) is 8. The van der Waals surface area contributed by atoms with Crippen molar-refractivity contribution in [1.29, 1.82) is 0 Å². The molecule has 2 amide bonds. The first-order valence-corrected chi connectivity index (χ1v) is 13.8. The lowest BCUT2D eigenvalue weighted by molar-refractivity contribution is -0.113. The number of benzene rings is 2. The number of aryl methyl sites for hydroxylation is 2. The summed E-state index contributed by atoms with van der Waals surface area (Å²) in [5.41, 5.74) is 3.94. The van der Waals surface area contributed by atoms with Crippen molar-refractivity contribution >= 4 is 46.6 Å². The summed E-state index contributed by atoms with van der Waals surface area (Å²) < 4.78 is 6.86. The van der Waals surface area contributed by atoms with Crippen LogP contribution in [0, 0.1) is 13.8 Å². The van der Waals surface area contributed by atoms with Gasteiger partial charge in [0.05, 0.1) is 35.0 Å². The molecule has 0 aliphatic heterocycles. The zero-order valence-corrected chi connectivity index (χ0v) is 22.8. The largest absolute Gasteiger partial charge is 0.462 e. The first-order chi connectivity index (χ1) is 18.4. The van der Waals surface area contributed by atoms with Crippen LogP contribution in [-0.2, 0) is 16.1 Å². The van der Waals surface area contributed by atoms with E-state index in [1.165, 1.54) is 23.1 Å². The zero-order chi connectivity index (χ0) is 27.1. The van der Waals surface area contributed by atoms with Gasteiger partial charge in [-0.1, -0.05) is 30.0 Å². The maximum atomic E-state index is 12.7. The van der Waals surface area contributed by atoms with Gasteiger partial charge in [0.15, 0.2) is 11.0 Å². The topological polar surface area (TPSA) is 115 Å². The Balaban J connectivity index is 1.48. The maximum Gasteiger partial charge on any atom is 0.338 e. The van der Waals surface area contributed by atoms with Crippen molar-refractivity contribution < 1.29 is 19.1 Å². The van der Waals surface area contributed by atoms with Gasteiger partial charge >= 0.3 is 5.97 Å². The predicted molar refractivity (Wildman–Crippen MR) is 148 cm³/mol. The minimum Gasteiger partial charge on any atom is -0.462 e. The van der Waals surface area contributed by atoms with Gasteiger partial charge in [0.25, 0.3) is 5.91 Å². The van der Waals surface area contributed by atoms with Gasteiger partial charge in [-0.2, -0.15) is 0 Å². The molecular weight excluding hydrogens is 522 g/mol. The molecule has 0 saturated heterocycles. The van der Waals surface area contributed by atoms with Gasteiger partial charge in [0.2, 0.25) is 5.91 Å². The van der Waals surface area contributed by atoms with E-state index in [4.69, 9.17) is 4.74 Å². The summed E-state index contributed by atoms with van der Waals surface area (Å²) in [5, 5.41) is 16.8. The fourth-order valence-corrected chi connectivity index (χ4v) is 5.00. The molecule has 2 aromatic heterocycles. The molecule has 0 spiro atoms. The van der Waals surface area contributed by atoms with Gasteiger partial charge in [0.1, 0.15) is 0 Å². The molecule has 38 heavy (non-hydrogen) atoms. The summed E-state index contributed by atoms with van der Waals surface area (Å²) in [6.07, 6.45) is 0. The second-order valence-corrected chi connectivity index (χ2v) is 10.2. The minimum absolute atomic E-state index is 0.0875. The molecular formula is C27H27N5O4S2. The molecule has 196 valence electrons. The number of rotatable bonds is 10. The number of aromatic nitrogens is 3. The van der Waals surface area contributed by atoms with Crippen molar-refractivity contribution in [3.63, 3.8) is 0 Å². The highest BCUT2D eigenvalue weighted by Crippen LogP contribution is 2.26. The molecule has 0 saturated carbocycles. The molecule has 4 aromatic rings. The van der Waals surface area contributed by atoms with E-state index >= 15 is 0 Å². The Morgan fingerprint density at radius 1 is 1.05 bits per heavy atom. The molecule has 0 radical (unpaired) electrons. The van der Waals surface area contributed by atoms with E-state index in [2.05, 4.69) is 20.8 Å². The third-order valence-electron chi connectivity index (χ3n) is 5.47. The smallest absolute Gasteiger partial charge is 0.338 e. The van der Waals surface area contributed by atoms with Crippen LogP contribution in [0.15, 0.2) is 65.1 Å². The SMILES string of the molecule is CCOC(=O)c1ccc(NC(=O)CSc2nnc(CNC(=O)c3cccs3)n2-c2cc(C)ccc2C)cc1. The van der Waals surface area contributed by atoms with Crippen molar-refractivity contribution in [3.05, 3.63) is 87.4 Å². The van der Waals surface area contributed by atoms with Crippen molar-refractivity contribution in [1.82, 2.24) is 20.1 Å². The maximum absolute atomic E-state index is 12.7. The molecule has 0 fully saturated rings. The van der Waals surface area contributed by atoms with E-state index in [0.717, 1.165) is 16.8 Å². The Labute approximate surface area is 228 Å². The van der Waals surface area contributed by atoms with E-state index in [9.17, 15) is 14.4 Å². The Morgan fingerprint density at radius 3 is 2.55 bits per heavy atom. The van der Waals surface area contributed by atoms with Crippen molar-refractivity contribution in [2.75, 3.05) is 17.7 Å². The van der Waals surface area contributed by atoms with E-state index in [1.807, 2.05) is 48.1 Å². The Kier molecular flexibility index (Phi) is 8.93. The lowest BCUT2D eigenvalue weighted by Crippen LogP contribution is -2.24. The molecule has 0 aliphatic rings. The molecule has 0 bridgehead atoms. The van der Waals surface area contributed by atoms with Gasteiger partial charge in [-0.05, 0) is 73.7 Å². The monoisotopic (exact) mass is 549 g/mol. The van der Waals surface area contributed by atoms with Crippen LogP contribution in [0.2, 0.25) is 0 Å². The number of anilines is 1. The molecule has 4 rings (SSSR count). The summed E-state index contributed by atoms with van der Waals surface area (Å²) in [4.78, 5) is 37.6. The molecule has 2 heterocycles. The van der Waals surface area contributed by atoms with Crippen LogP contribution >= 0.6 is 23.1 Å². The summed E-state index contributed by atoms with van der Waals surface area (Å²) >= 11 is 2.61. The van der Waals surface area contributed by atoms with Gasteiger partial charge in [-0.15, -0.1) is 21.5 Å². The number of thiophene rings is 1. The van der Waals surface area contributed by atoms with E-state index in [0.29, 0.717) is 33.7 Å². The van der Waals surface area contributed by atoms with Crippen molar-refractivity contribution in [2.45, 2.75) is 32.5 Å². The Morgan fingerprint density at radius 2 is 1.84 bits per heavy atom.